The van der Waals surface area contributed by atoms with Crippen molar-refractivity contribution in [1.82, 2.24) is 10.6 Å². The van der Waals surface area contributed by atoms with Crippen molar-refractivity contribution in [2.75, 3.05) is 13.7 Å². The first-order chi connectivity index (χ1) is 8.00. The van der Waals surface area contributed by atoms with Crippen LogP contribution in [0.3, 0.4) is 0 Å². The average molecular weight is 244 g/mol. The third kappa shape index (κ3) is 5.56. The summed E-state index contributed by atoms with van der Waals surface area (Å²) in [5.41, 5.74) is -0.945. The Morgan fingerprint density at radius 2 is 1.88 bits per heavy atom. The van der Waals surface area contributed by atoms with Gasteiger partial charge in [-0.1, -0.05) is 26.7 Å². The molecule has 0 aliphatic heterocycles. The molecule has 0 aliphatic carbocycles. The van der Waals surface area contributed by atoms with Gasteiger partial charge in [-0.3, -0.25) is 0 Å². The molecular formula is C12H24N2O3. The van der Waals surface area contributed by atoms with Crippen molar-refractivity contribution in [2.45, 2.75) is 52.0 Å². The molecule has 0 aromatic heterocycles. The summed E-state index contributed by atoms with van der Waals surface area (Å²) in [6.45, 7) is 6.31. The number of hydrogen-bond donors (Lipinski definition) is 2. The van der Waals surface area contributed by atoms with Crippen LogP contribution in [0.2, 0.25) is 0 Å². The first-order valence-electron chi connectivity index (χ1n) is 6.14. The fourth-order valence-corrected chi connectivity index (χ4v) is 1.61. The molecule has 5 nitrogen and oxygen atoms in total. The van der Waals surface area contributed by atoms with Crippen LogP contribution in [0.4, 0.5) is 4.79 Å². The smallest absolute Gasteiger partial charge is 0.331 e. The minimum absolute atomic E-state index is 0.320. The maximum atomic E-state index is 11.6. The quantitative estimate of drug-likeness (QED) is 0.530. The molecular weight excluding hydrogens is 220 g/mol. The molecule has 2 amide bonds. The van der Waals surface area contributed by atoms with E-state index in [9.17, 15) is 9.59 Å². The van der Waals surface area contributed by atoms with Crippen LogP contribution in [0.5, 0.6) is 0 Å². The van der Waals surface area contributed by atoms with E-state index in [1.54, 1.807) is 6.92 Å². The van der Waals surface area contributed by atoms with E-state index < -0.39 is 11.5 Å². The monoisotopic (exact) mass is 244 g/mol. The standard InChI is InChI=1S/C12H24N2O3/c1-5-7-9-13-11(16)14-12(3,8-6-2)10(15)17-4/h5-9H2,1-4H3,(H2,13,14,16). The van der Waals surface area contributed by atoms with Gasteiger partial charge in [0, 0.05) is 6.54 Å². The topological polar surface area (TPSA) is 67.4 Å². The summed E-state index contributed by atoms with van der Waals surface area (Å²) in [5, 5.41) is 5.40. The molecule has 0 bridgehead atoms. The highest BCUT2D eigenvalue weighted by Gasteiger charge is 2.34. The van der Waals surface area contributed by atoms with E-state index in [0.717, 1.165) is 19.3 Å². The summed E-state index contributed by atoms with van der Waals surface area (Å²) >= 11 is 0. The third-order valence-corrected chi connectivity index (χ3v) is 2.59. The molecule has 0 aromatic rings. The predicted octanol–water partition coefficient (Wildman–Crippen LogP) is 1.82. The number of methoxy groups -OCH3 is 1. The number of amides is 2. The molecule has 5 heteroatoms. The Hall–Kier alpha value is -1.26. The van der Waals surface area contributed by atoms with Crippen LogP contribution < -0.4 is 10.6 Å². The van der Waals surface area contributed by atoms with Crippen molar-refractivity contribution in [1.29, 1.82) is 0 Å². The van der Waals surface area contributed by atoms with Crippen LogP contribution in [0.1, 0.15) is 46.5 Å². The molecule has 0 aliphatic rings. The Morgan fingerprint density at radius 1 is 1.24 bits per heavy atom. The van der Waals surface area contributed by atoms with Crippen molar-refractivity contribution in [3.05, 3.63) is 0 Å². The lowest BCUT2D eigenvalue weighted by Gasteiger charge is -2.27. The molecule has 2 N–H and O–H groups in total. The van der Waals surface area contributed by atoms with Gasteiger partial charge in [-0.15, -0.1) is 0 Å². The summed E-state index contributed by atoms with van der Waals surface area (Å²) in [4.78, 5) is 23.2. The van der Waals surface area contributed by atoms with Gasteiger partial charge in [-0.25, -0.2) is 9.59 Å². The Labute approximate surface area is 103 Å². The summed E-state index contributed by atoms with van der Waals surface area (Å²) < 4.78 is 4.71. The van der Waals surface area contributed by atoms with Crippen LogP contribution in [0.15, 0.2) is 0 Å². The fraction of sp³-hybridized carbons (Fsp3) is 0.833. The number of carbonyl (C=O) groups excluding carboxylic acids is 2. The summed E-state index contributed by atoms with van der Waals surface area (Å²) in [6, 6.07) is -0.320. The van der Waals surface area contributed by atoms with Crippen LogP contribution in [0.25, 0.3) is 0 Å². The first-order valence-corrected chi connectivity index (χ1v) is 6.14. The maximum Gasteiger partial charge on any atom is 0.331 e. The van der Waals surface area contributed by atoms with Gasteiger partial charge in [-0.05, 0) is 19.8 Å². The second-order valence-electron chi connectivity index (χ2n) is 4.31. The average Bonchev–Trinajstić information content (AvgIpc) is 2.28. The van der Waals surface area contributed by atoms with Gasteiger partial charge in [0.15, 0.2) is 0 Å². The van der Waals surface area contributed by atoms with E-state index in [-0.39, 0.29) is 6.03 Å². The molecule has 17 heavy (non-hydrogen) atoms. The molecule has 0 radical (unpaired) electrons. The zero-order chi connectivity index (χ0) is 13.3. The first kappa shape index (κ1) is 15.7. The Balaban J connectivity index is 4.33. The van der Waals surface area contributed by atoms with Crippen molar-refractivity contribution >= 4 is 12.0 Å². The number of urea groups is 1. The number of ether oxygens (including phenoxy) is 1. The van der Waals surface area contributed by atoms with Gasteiger partial charge in [-0.2, -0.15) is 0 Å². The van der Waals surface area contributed by atoms with Gasteiger partial charge in [0.2, 0.25) is 0 Å². The molecule has 0 saturated heterocycles. The largest absolute Gasteiger partial charge is 0.467 e. The van der Waals surface area contributed by atoms with Gasteiger partial charge in [0.25, 0.3) is 0 Å². The second kappa shape index (κ2) is 7.92. The minimum Gasteiger partial charge on any atom is -0.467 e. The van der Waals surface area contributed by atoms with Gasteiger partial charge in [0.05, 0.1) is 7.11 Å². The Bertz CT molecular complexity index is 256. The lowest BCUT2D eigenvalue weighted by Crippen LogP contribution is -2.55. The highest BCUT2D eigenvalue weighted by Crippen LogP contribution is 2.13. The number of hydrogen-bond acceptors (Lipinski definition) is 3. The van der Waals surface area contributed by atoms with E-state index in [2.05, 4.69) is 17.6 Å². The summed E-state index contributed by atoms with van der Waals surface area (Å²) in [7, 11) is 1.33. The number of rotatable bonds is 7. The summed E-state index contributed by atoms with van der Waals surface area (Å²) in [5.74, 6) is -0.412. The van der Waals surface area contributed by atoms with Crippen LogP contribution >= 0.6 is 0 Å². The van der Waals surface area contributed by atoms with Crippen LogP contribution in [-0.4, -0.2) is 31.2 Å². The van der Waals surface area contributed by atoms with Crippen LogP contribution in [-0.2, 0) is 9.53 Å². The van der Waals surface area contributed by atoms with Crippen molar-refractivity contribution in [2.24, 2.45) is 0 Å². The Morgan fingerprint density at radius 3 is 2.35 bits per heavy atom. The maximum absolute atomic E-state index is 11.6. The predicted molar refractivity (Wildman–Crippen MR) is 66.8 cm³/mol. The van der Waals surface area contributed by atoms with Crippen molar-refractivity contribution in [3.8, 4) is 0 Å². The van der Waals surface area contributed by atoms with Gasteiger partial charge in [0.1, 0.15) is 5.54 Å². The van der Waals surface area contributed by atoms with E-state index in [1.165, 1.54) is 7.11 Å². The number of unbranched alkanes of at least 4 members (excludes halogenated alkanes) is 1. The van der Waals surface area contributed by atoms with E-state index in [1.807, 2.05) is 6.92 Å². The van der Waals surface area contributed by atoms with E-state index in [0.29, 0.717) is 13.0 Å². The highest BCUT2D eigenvalue weighted by molar-refractivity contribution is 5.86. The second-order valence-corrected chi connectivity index (χ2v) is 4.31. The lowest BCUT2D eigenvalue weighted by molar-refractivity contribution is -0.147. The number of esters is 1. The molecule has 0 spiro atoms. The number of carbonyl (C=O) groups is 2. The van der Waals surface area contributed by atoms with E-state index >= 15 is 0 Å². The van der Waals surface area contributed by atoms with Crippen molar-refractivity contribution in [3.63, 3.8) is 0 Å². The minimum atomic E-state index is -0.945. The SMILES string of the molecule is CCCCNC(=O)NC(C)(CCC)C(=O)OC. The molecule has 1 unspecified atom stereocenters. The molecule has 0 rings (SSSR count). The molecule has 100 valence electrons. The summed E-state index contributed by atoms with van der Waals surface area (Å²) in [6.07, 6.45) is 3.29. The van der Waals surface area contributed by atoms with Gasteiger partial charge < -0.3 is 15.4 Å². The molecule has 1 atom stereocenters. The normalized spacial score (nSPS) is 13.6. The fourth-order valence-electron chi connectivity index (χ4n) is 1.61. The molecule has 0 fully saturated rings. The molecule has 0 saturated carbocycles. The van der Waals surface area contributed by atoms with E-state index in [4.69, 9.17) is 4.74 Å². The third-order valence-electron chi connectivity index (χ3n) is 2.59. The van der Waals surface area contributed by atoms with Crippen LogP contribution in [0, 0.1) is 0 Å². The zero-order valence-corrected chi connectivity index (χ0v) is 11.3. The highest BCUT2D eigenvalue weighted by atomic mass is 16.5. The number of nitrogens with one attached hydrogen (secondary N) is 2. The molecule has 0 heterocycles. The van der Waals surface area contributed by atoms with Crippen molar-refractivity contribution < 1.29 is 14.3 Å². The molecule has 0 aromatic carbocycles. The lowest BCUT2D eigenvalue weighted by atomic mass is 9.96. The Kier molecular flexibility index (Phi) is 7.34. The van der Waals surface area contributed by atoms with Gasteiger partial charge >= 0.3 is 12.0 Å². The zero-order valence-electron chi connectivity index (χ0n) is 11.3.